The first kappa shape index (κ1) is 14.9. The first-order valence-corrected chi connectivity index (χ1v) is 7.15. The average Bonchev–Trinajstić information content (AvgIpc) is 2.10. The Labute approximate surface area is 93.9 Å². The fourth-order valence-electron chi connectivity index (χ4n) is 1.34. The standard InChI is InChI=1S/C10H24N2O2S/c1-10(2)9-15(13,14)12(3)8-6-4-5-7-11/h10H,4-9,11H2,1-3H3. The van der Waals surface area contributed by atoms with Crippen molar-refractivity contribution < 1.29 is 8.42 Å². The molecule has 0 saturated carbocycles. The Morgan fingerprint density at radius 3 is 2.27 bits per heavy atom. The second-order valence-electron chi connectivity index (χ2n) is 4.34. The molecule has 0 fully saturated rings. The molecule has 0 heterocycles. The number of nitrogens with two attached hydrogens (primary N) is 1. The van der Waals surface area contributed by atoms with Crippen molar-refractivity contribution in [2.24, 2.45) is 11.7 Å². The lowest BCUT2D eigenvalue weighted by atomic mass is 10.2. The lowest BCUT2D eigenvalue weighted by Crippen LogP contribution is -2.31. The van der Waals surface area contributed by atoms with E-state index in [-0.39, 0.29) is 11.7 Å². The van der Waals surface area contributed by atoms with Gasteiger partial charge in [-0.1, -0.05) is 20.3 Å². The summed E-state index contributed by atoms with van der Waals surface area (Å²) in [5.74, 6) is 0.418. The molecule has 0 aromatic carbocycles. The topological polar surface area (TPSA) is 63.4 Å². The van der Waals surface area contributed by atoms with E-state index in [4.69, 9.17) is 5.73 Å². The summed E-state index contributed by atoms with van der Waals surface area (Å²) in [6.07, 6.45) is 2.86. The van der Waals surface area contributed by atoms with Gasteiger partial charge in [0, 0.05) is 13.6 Å². The Balaban J connectivity index is 3.92. The van der Waals surface area contributed by atoms with Gasteiger partial charge in [0.25, 0.3) is 0 Å². The zero-order chi connectivity index (χ0) is 11.9. The highest BCUT2D eigenvalue weighted by Crippen LogP contribution is 2.06. The second kappa shape index (κ2) is 7.19. The molecule has 2 N–H and O–H groups in total. The van der Waals surface area contributed by atoms with E-state index >= 15 is 0 Å². The Hall–Kier alpha value is -0.130. The van der Waals surface area contributed by atoms with Gasteiger partial charge < -0.3 is 5.73 Å². The maximum atomic E-state index is 11.7. The first-order valence-electron chi connectivity index (χ1n) is 5.54. The summed E-state index contributed by atoms with van der Waals surface area (Å²) in [4.78, 5) is 0. The molecule has 0 aliphatic carbocycles. The Morgan fingerprint density at radius 1 is 1.20 bits per heavy atom. The molecule has 92 valence electrons. The molecule has 0 atom stereocenters. The molecule has 0 rings (SSSR count). The minimum absolute atomic E-state index is 0.182. The highest BCUT2D eigenvalue weighted by molar-refractivity contribution is 7.89. The molecule has 0 unspecified atom stereocenters. The summed E-state index contributed by atoms with van der Waals surface area (Å²) in [7, 11) is -1.39. The fourth-order valence-corrected chi connectivity index (χ4v) is 2.85. The van der Waals surface area contributed by atoms with Crippen molar-refractivity contribution in [2.45, 2.75) is 33.1 Å². The van der Waals surface area contributed by atoms with Crippen LogP contribution >= 0.6 is 0 Å². The van der Waals surface area contributed by atoms with Crippen molar-refractivity contribution in [3.05, 3.63) is 0 Å². The molecule has 0 aliphatic heterocycles. The van der Waals surface area contributed by atoms with Crippen molar-refractivity contribution in [1.82, 2.24) is 4.31 Å². The number of hydrogen-bond acceptors (Lipinski definition) is 3. The average molecular weight is 236 g/mol. The Kier molecular flexibility index (Phi) is 7.13. The smallest absolute Gasteiger partial charge is 0.214 e. The molecule has 0 radical (unpaired) electrons. The highest BCUT2D eigenvalue weighted by atomic mass is 32.2. The van der Waals surface area contributed by atoms with Gasteiger partial charge in [-0.05, 0) is 25.3 Å². The van der Waals surface area contributed by atoms with Crippen LogP contribution in [0.2, 0.25) is 0 Å². The van der Waals surface area contributed by atoms with Gasteiger partial charge in [-0.2, -0.15) is 0 Å². The normalized spacial score (nSPS) is 12.7. The minimum Gasteiger partial charge on any atom is -0.330 e. The van der Waals surface area contributed by atoms with Crippen LogP contribution in [0.5, 0.6) is 0 Å². The van der Waals surface area contributed by atoms with Gasteiger partial charge in [0.2, 0.25) is 10.0 Å². The lowest BCUT2D eigenvalue weighted by molar-refractivity contribution is 0.447. The molecule has 0 aliphatic rings. The van der Waals surface area contributed by atoms with E-state index in [1.165, 1.54) is 4.31 Å². The Bertz CT molecular complexity index is 250. The monoisotopic (exact) mass is 236 g/mol. The largest absolute Gasteiger partial charge is 0.330 e. The van der Waals surface area contributed by atoms with Crippen LogP contribution in [0.15, 0.2) is 0 Å². The van der Waals surface area contributed by atoms with E-state index in [9.17, 15) is 8.42 Å². The van der Waals surface area contributed by atoms with Gasteiger partial charge in [-0.3, -0.25) is 0 Å². The van der Waals surface area contributed by atoms with E-state index < -0.39 is 10.0 Å². The molecule has 0 amide bonds. The Morgan fingerprint density at radius 2 is 1.80 bits per heavy atom. The van der Waals surface area contributed by atoms with Crippen LogP contribution in [0, 0.1) is 5.92 Å². The zero-order valence-corrected chi connectivity index (χ0v) is 10.9. The van der Waals surface area contributed by atoms with Crippen molar-refractivity contribution in [3.8, 4) is 0 Å². The fraction of sp³-hybridized carbons (Fsp3) is 1.00. The van der Waals surface area contributed by atoms with Crippen LogP contribution in [0.25, 0.3) is 0 Å². The van der Waals surface area contributed by atoms with Gasteiger partial charge in [-0.25, -0.2) is 12.7 Å². The highest BCUT2D eigenvalue weighted by Gasteiger charge is 2.18. The van der Waals surface area contributed by atoms with Crippen LogP contribution in [-0.2, 0) is 10.0 Å². The van der Waals surface area contributed by atoms with E-state index in [1.807, 2.05) is 13.8 Å². The molecule has 0 aromatic rings. The van der Waals surface area contributed by atoms with E-state index in [0.717, 1.165) is 19.3 Å². The molecule has 0 bridgehead atoms. The van der Waals surface area contributed by atoms with Gasteiger partial charge in [-0.15, -0.1) is 0 Å². The van der Waals surface area contributed by atoms with E-state index in [0.29, 0.717) is 13.1 Å². The summed E-state index contributed by atoms with van der Waals surface area (Å²) < 4.78 is 24.9. The molecule has 4 nitrogen and oxygen atoms in total. The molecule has 0 saturated heterocycles. The van der Waals surface area contributed by atoms with Crippen LogP contribution in [-0.4, -0.2) is 38.6 Å². The maximum Gasteiger partial charge on any atom is 0.214 e. The number of rotatable bonds is 8. The van der Waals surface area contributed by atoms with Crippen molar-refractivity contribution >= 4 is 10.0 Å². The van der Waals surface area contributed by atoms with Crippen LogP contribution in [0.4, 0.5) is 0 Å². The summed E-state index contributed by atoms with van der Waals surface area (Å²) in [6, 6.07) is 0. The molecular formula is C10H24N2O2S. The van der Waals surface area contributed by atoms with Gasteiger partial charge in [0.1, 0.15) is 0 Å². The summed E-state index contributed by atoms with van der Waals surface area (Å²) >= 11 is 0. The molecule has 0 spiro atoms. The van der Waals surface area contributed by atoms with Crippen LogP contribution in [0.1, 0.15) is 33.1 Å². The molecule has 15 heavy (non-hydrogen) atoms. The van der Waals surface area contributed by atoms with Gasteiger partial charge >= 0.3 is 0 Å². The van der Waals surface area contributed by atoms with Crippen LogP contribution in [0.3, 0.4) is 0 Å². The first-order chi connectivity index (χ1) is 6.90. The van der Waals surface area contributed by atoms with Crippen LogP contribution < -0.4 is 5.73 Å². The summed E-state index contributed by atoms with van der Waals surface area (Å²) in [6.45, 7) is 5.12. The van der Waals surface area contributed by atoms with E-state index in [1.54, 1.807) is 7.05 Å². The van der Waals surface area contributed by atoms with Crippen molar-refractivity contribution in [3.63, 3.8) is 0 Å². The van der Waals surface area contributed by atoms with Gasteiger partial charge in [0.15, 0.2) is 0 Å². The van der Waals surface area contributed by atoms with E-state index in [2.05, 4.69) is 0 Å². The lowest BCUT2D eigenvalue weighted by Gasteiger charge is -2.18. The van der Waals surface area contributed by atoms with Gasteiger partial charge in [0.05, 0.1) is 5.75 Å². The minimum atomic E-state index is -3.04. The summed E-state index contributed by atoms with van der Waals surface area (Å²) in [5.41, 5.74) is 5.37. The summed E-state index contributed by atoms with van der Waals surface area (Å²) in [5, 5.41) is 0. The predicted molar refractivity (Wildman–Crippen MR) is 64.2 cm³/mol. The van der Waals surface area contributed by atoms with Crippen molar-refractivity contribution in [2.75, 3.05) is 25.9 Å². The maximum absolute atomic E-state index is 11.7. The second-order valence-corrected chi connectivity index (χ2v) is 6.46. The SMILES string of the molecule is CC(C)CS(=O)(=O)N(C)CCCCCN. The molecule has 0 aromatic heterocycles. The number of nitrogens with zero attached hydrogens (tertiary/aromatic N) is 1. The molecular weight excluding hydrogens is 212 g/mol. The zero-order valence-electron chi connectivity index (χ0n) is 10.1. The van der Waals surface area contributed by atoms with Crippen molar-refractivity contribution in [1.29, 1.82) is 0 Å². The third-order valence-electron chi connectivity index (χ3n) is 2.20. The number of unbranched alkanes of at least 4 members (excludes halogenated alkanes) is 2. The molecule has 5 heteroatoms. The number of sulfonamides is 1. The third kappa shape index (κ3) is 6.87. The quantitative estimate of drug-likeness (QED) is 0.640. The number of hydrogen-bond donors (Lipinski definition) is 1. The third-order valence-corrected chi connectivity index (χ3v) is 4.42. The predicted octanol–water partition coefficient (Wildman–Crippen LogP) is 1.03.